The van der Waals surface area contributed by atoms with Crippen LogP contribution in [-0.2, 0) is 33.3 Å². The molecule has 1 spiro atoms. The number of rotatable bonds is 8. The Balaban J connectivity index is 1.85. The van der Waals surface area contributed by atoms with E-state index in [1.807, 2.05) is 37.3 Å². The fraction of sp³-hybridized carbons (Fsp3) is 0.485. The van der Waals surface area contributed by atoms with Crippen LogP contribution < -0.4 is 0 Å². The Kier molecular flexibility index (Phi) is 9.04. The van der Waals surface area contributed by atoms with Crippen molar-refractivity contribution in [2.24, 2.45) is 22.7 Å². The van der Waals surface area contributed by atoms with Crippen LogP contribution in [0.5, 0.6) is 0 Å². The number of esters is 3. The average molecular weight is 565 g/mol. The summed E-state index contributed by atoms with van der Waals surface area (Å²) in [5.74, 6) is -2.09. The third kappa shape index (κ3) is 5.95. The molecule has 8 unspecified atom stereocenters. The summed E-state index contributed by atoms with van der Waals surface area (Å²) in [6.07, 6.45) is 5.84. The van der Waals surface area contributed by atoms with Gasteiger partial charge in [0.05, 0.1) is 6.10 Å². The molecule has 41 heavy (non-hydrogen) atoms. The van der Waals surface area contributed by atoms with Crippen molar-refractivity contribution in [3.63, 3.8) is 0 Å². The monoisotopic (exact) mass is 564 g/mol. The van der Waals surface area contributed by atoms with Crippen molar-refractivity contribution in [2.45, 2.75) is 78.7 Å². The molecule has 1 saturated carbocycles. The molecule has 0 radical (unpaired) electrons. The number of aliphatic hydroxyl groups is 1. The first-order valence-electron chi connectivity index (χ1n) is 14.0. The van der Waals surface area contributed by atoms with Gasteiger partial charge in [-0.25, -0.2) is 4.79 Å². The Bertz CT molecular complexity index is 1260. The van der Waals surface area contributed by atoms with E-state index in [9.17, 15) is 19.5 Å². The van der Waals surface area contributed by atoms with Crippen LogP contribution in [0.4, 0.5) is 0 Å². The molecule has 1 saturated heterocycles. The summed E-state index contributed by atoms with van der Waals surface area (Å²) in [6, 6.07) is 9.39. The molecule has 3 aliphatic rings. The van der Waals surface area contributed by atoms with Crippen LogP contribution in [0.25, 0.3) is 6.08 Å². The SMILES string of the molecule is C=CC(C)=CCC1(C)C(C)CC(OC(=O)C=Cc2ccccc2)C23C(=CC(O)CC12)C(OC(C)=O)OC3OC(C)=O. The average Bonchev–Trinajstić information content (AvgIpc) is 3.20. The van der Waals surface area contributed by atoms with Crippen molar-refractivity contribution >= 4 is 24.0 Å². The lowest BCUT2D eigenvalue weighted by Crippen LogP contribution is -2.63. The van der Waals surface area contributed by atoms with Crippen LogP contribution in [0.3, 0.4) is 0 Å². The largest absolute Gasteiger partial charge is 0.458 e. The number of ether oxygens (including phenoxy) is 4. The predicted octanol–water partition coefficient (Wildman–Crippen LogP) is 5.28. The number of hydrogen-bond donors (Lipinski definition) is 1. The molecule has 8 nitrogen and oxygen atoms in total. The number of benzene rings is 1. The molecule has 2 aliphatic carbocycles. The van der Waals surface area contributed by atoms with Gasteiger partial charge in [-0.3, -0.25) is 14.3 Å². The minimum Gasteiger partial charge on any atom is -0.458 e. The Morgan fingerprint density at radius 1 is 1.07 bits per heavy atom. The van der Waals surface area contributed by atoms with E-state index in [4.69, 9.17) is 18.9 Å². The summed E-state index contributed by atoms with van der Waals surface area (Å²) < 4.78 is 23.7. The summed E-state index contributed by atoms with van der Waals surface area (Å²) in [7, 11) is 0. The van der Waals surface area contributed by atoms with Crippen molar-refractivity contribution in [3.05, 3.63) is 77.9 Å². The first-order valence-corrected chi connectivity index (χ1v) is 14.0. The molecule has 4 rings (SSSR count). The second kappa shape index (κ2) is 12.2. The van der Waals surface area contributed by atoms with Gasteiger partial charge in [0.15, 0.2) is 0 Å². The van der Waals surface area contributed by atoms with Crippen LogP contribution >= 0.6 is 0 Å². The summed E-state index contributed by atoms with van der Waals surface area (Å²) in [5, 5.41) is 11.1. The van der Waals surface area contributed by atoms with Crippen LogP contribution in [-0.4, -0.2) is 47.8 Å². The Labute approximate surface area is 241 Å². The highest BCUT2D eigenvalue weighted by Gasteiger charge is 2.72. The molecular weight excluding hydrogens is 524 g/mol. The number of allylic oxidation sites excluding steroid dienone is 3. The molecule has 220 valence electrons. The second-order valence-corrected chi connectivity index (χ2v) is 11.6. The molecule has 2 fully saturated rings. The van der Waals surface area contributed by atoms with E-state index in [1.165, 1.54) is 19.9 Å². The quantitative estimate of drug-likeness (QED) is 0.149. The van der Waals surface area contributed by atoms with E-state index >= 15 is 0 Å². The molecule has 1 aromatic carbocycles. The highest BCUT2D eigenvalue weighted by molar-refractivity contribution is 5.87. The van der Waals surface area contributed by atoms with Gasteiger partial charge in [0.25, 0.3) is 0 Å². The molecule has 1 aliphatic heterocycles. The van der Waals surface area contributed by atoms with Crippen molar-refractivity contribution in [1.82, 2.24) is 0 Å². The second-order valence-electron chi connectivity index (χ2n) is 11.6. The van der Waals surface area contributed by atoms with Gasteiger partial charge in [-0.2, -0.15) is 0 Å². The van der Waals surface area contributed by atoms with Gasteiger partial charge in [0, 0.05) is 25.5 Å². The van der Waals surface area contributed by atoms with Crippen LogP contribution in [0, 0.1) is 22.7 Å². The van der Waals surface area contributed by atoms with Gasteiger partial charge < -0.3 is 19.3 Å². The smallest absolute Gasteiger partial charge is 0.331 e. The molecule has 8 heteroatoms. The van der Waals surface area contributed by atoms with Crippen molar-refractivity contribution in [1.29, 1.82) is 0 Å². The lowest BCUT2D eigenvalue weighted by atomic mass is 9.45. The molecule has 0 amide bonds. The van der Waals surface area contributed by atoms with Gasteiger partial charge in [-0.15, -0.1) is 0 Å². The van der Waals surface area contributed by atoms with Gasteiger partial charge in [0.2, 0.25) is 12.6 Å². The van der Waals surface area contributed by atoms with Crippen molar-refractivity contribution in [3.8, 4) is 0 Å². The summed E-state index contributed by atoms with van der Waals surface area (Å²) in [4.78, 5) is 37.8. The highest BCUT2D eigenvalue weighted by atomic mass is 16.8. The van der Waals surface area contributed by atoms with Gasteiger partial charge in [-0.05, 0) is 61.2 Å². The topological polar surface area (TPSA) is 108 Å². The Hall–Kier alpha value is -3.49. The number of carbonyl (C=O) groups is 3. The number of aliphatic hydroxyl groups excluding tert-OH is 1. The fourth-order valence-corrected chi connectivity index (χ4v) is 6.82. The van der Waals surface area contributed by atoms with E-state index in [0.717, 1.165) is 11.1 Å². The van der Waals surface area contributed by atoms with Crippen molar-refractivity contribution in [2.75, 3.05) is 0 Å². The maximum atomic E-state index is 13.3. The highest BCUT2D eigenvalue weighted by Crippen LogP contribution is 2.67. The fourth-order valence-electron chi connectivity index (χ4n) is 6.82. The van der Waals surface area contributed by atoms with Crippen molar-refractivity contribution < 1.29 is 38.4 Å². The minimum absolute atomic E-state index is 0.0280. The molecule has 0 bridgehead atoms. The van der Waals surface area contributed by atoms with Crippen LogP contribution in [0.15, 0.2) is 72.4 Å². The lowest BCUT2D eigenvalue weighted by molar-refractivity contribution is -0.256. The zero-order valence-electron chi connectivity index (χ0n) is 24.4. The van der Waals surface area contributed by atoms with E-state index in [0.29, 0.717) is 24.8 Å². The summed E-state index contributed by atoms with van der Waals surface area (Å²) >= 11 is 0. The lowest BCUT2D eigenvalue weighted by Gasteiger charge is -2.60. The normalized spacial score (nSPS) is 34.7. The van der Waals surface area contributed by atoms with E-state index in [1.54, 1.807) is 18.2 Å². The van der Waals surface area contributed by atoms with E-state index in [-0.39, 0.29) is 11.8 Å². The minimum atomic E-state index is -1.21. The first-order chi connectivity index (χ1) is 19.4. The molecule has 0 aromatic heterocycles. The van der Waals surface area contributed by atoms with Gasteiger partial charge in [-0.1, -0.05) is 68.5 Å². The van der Waals surface area contributed by atoms with Crippen LogP contribution in [0.2, 0.25) is 0 Å². The molecular formula is C33H40O8. The zero-order valence-corrected chi connectivity index (χ0v) is 24.4. The summed E-state index contributed by atoms with van der Waals surface area (Å²) in [6.45, 7) is 12.6. The van der Waals surface area contributed by atoms with E-state index < -0.39 is 53.5 Å². The summed E-state index contributed by atoms with van der Waals surface area (Å²) in [5.41, 5.74) is 0.665. The molecule has 1 N–H and O–H groups in total. The molecule has 1 heterocycles. The number of hydrogen-bond acceptors (Lipinski definition) is 8. The first kappa shape index (κ1) is 30.5. The Morgan fingerprint density at radius 2 is 1.76 bits per heavy atom. The van der Waals surface area contributed by atoms with Gasteiger partial charge in [0.1, 0.15) is 11.5 Å². The third-order valence-electron chi connectivity index (χ3n) is 9.04. The number of carbonyl (C=O) groups excluding carboxylic acids is 3. The van der Waals surface area contributed by atoms with Gasteiger partial charge >= 0.3 is 17.9 Å². The Morgan fingerprint density at radius 3 is 2.39 bits per heavy atom. The van der Waals surface area contributed by atoms with E-state index in [2.05, 4.69) is 26.5 Å². The predicted molar refractivity (Wildman–Crippen MR) is 153 cm³/mol. The van der Waals surface area contributed by atoms with Crippen LogP contribution in [0.1, 0.15) is 59.4 Å². The maximum Gasteiger partial charge on any atom is 0.331 e. The molecule has 1 aromatic rings. The third-order valence-corrected chi connectivity index (χ3v) is 9.04. The maximum absolute atomic E-state index is 13.3. The molecule has 8 atom stereocenters. The zero-order chi connectivity index (χ0) is 29.9. The standard InChI is InChI=1S/C33H40O8/c1-7-20(2)15-16-32(6)21(3)17-28(40-29(37)14-13-24-11-9-8-10-12-24)33-26(18-25(36)19-27(32)33)30(38-22(4)34)41-31(33)39-23(5)35/h7-15,18,21,25,27-28,30-31,36H,1,16-17,19H2,2-6H3.